The summed E-state index contributed by atoms with van der Waals surface area (Å²) in [5, 5.41) is 0. The molecule has 0 saturated carbocycles. The summed E-state index contributed by atoms with van der Waals surface area (Å²) >= 11 is 0. The van der Waals surface area contributed by atoms with Crippen LogP contribution in [0.3, 0.4) is 0 Å². The Labute approximate surface area is 121 Å². The lowest BCUT2D eigenvalue weighted by Crippen LogP contribution is -2.36. The van der Waals surface area contributed by atoms with E-state index in [1.54, 1.807) is 4.90 Å². The number of ether oxygens (including phenoxy) is 1. The third-order valence-corrected chi connectivity index (χ3v) is 3.06. The Morgan fingerprint density at radius 1 is 1.25 bits per heavy atom. The van der Waals surface area contributed by atoms with Crippen molar-refractivity contribution in [2.75, 3.05) is 13.2 Å². The van der Waals surface area contributed by atoms with Crippen LogP contribution in [0.4, 0.5) is 0 Å². The molecule has 0 aromatic heterocycles. The Hall–Kier alpha value is -1.39. The van der Waals surface area contributed by atoms with E-state index < -0.39 is 0 Å². The zero-order valence-electron chi connectivity index (χ0n) is 13.0. The van der Waals surface area contributed by atoms with Crippen molar-refractivity contribution in [1.29, 1.82) is 0 Å². The molecule has 0 saturated heterocycles. The van der Waals surface area contributed by atoms with E-state index in [0.29, 0.717) is 19.6 Å². The van der Waals surface area contributed by atoms with Crippen LogP contribution in [0.1, 0.15) is 38.8 Å². The molecular weight excluding hydrogens is 252 g/mol. The van der Waals surface area contributed by atoms with Gasteiger partial charge in [-0.3, -0.25) is 4.79 Å². The van der Waals surface area contributed by atoms with E-state index >= 15 is 0 Å². The summed E-state index contributed by atoms with van der Waals surface area (Å²) < 4.78 is 5.55. The molecule has 1 aromatic carbocycles. The fourth-order valence-electron chi connectivity index (χ4n) is 1.86. The minimum Gasteiger partial charge on any atom is -0.366 e. The van der Waals surface area contributed by atoms with Crippen molar-refractivity contribution >= 4 is 5.91 Å². The van der Waals surface area contributed by atoms with Crippen LogP contribution in [0.15, 0.2) is 24.3 Å². The molecule has 0 radical (unpaired) electrons. The number of nitrogens with zero attached hydrogens (tertiary/aromatic N) is 1. The highest BCUT2D eigenvalue weighted by Gasteiger charge is 2.17. The average Bonchev–Trinajstić information content (AvgIpc) is 2.41. The molecule has 1 rings (SSSR count). The summed E-state index contributed by atoms with van der Waals surface area (Å²) in [6.45, 7) is 9.64. The normalized spacial score (nSPS) is 11.4. The largest absolute Gasteiger partial charge is 0.366 e. The highest BCUT2D eigenvalue weighted by molar-refractivity contribution is 5.77. The quantitative estimate of drug-likeness (QED) is 0.868. The predicted molar refractivity (Wildman–Crippen MR) is 81.1 cm³/mol. The molecule has 0 fully saturated rings. The van der Waals surface area contributed by atoms with E-state index in [2.05, 4.69) is 0 Å². The van der Waals surface area contributed by atoms with Gasteiger partial charge in [-0.05, 0) is 38.8 Å². The Morgan fingerprint density at radius 3 is 2.35 bits per heavy atom. The minimum atomic E-state index is -0.301. The molecule has 112 valence electrons. The van der Waals surface area contributed by atoms with E-state index in [0.717, 1.165) is 11.1 Å². The first-order valence-electron chi connectivity index (χ1n) is 7.06. The topological polar surface area (TPSA) is 55.6 Å². The zero-order chi connectivity index (χ0) is 15.2. The third kappa shape index (κ3) is 5.31. The SMILES string of the molecule is CCN(Cc1ccccc1CN)C(=O)COC(C)(C)C. The van der Waals surface area contributed by atoms with E-state index in [9.17, 15) is 4.79 Å². The molecule has 1 aromatic rings. The van der Waals surface area contributed by atoms with Crippen molar-refractivity contribution < 1.29 is 9.53 Å². The van der Waals surface area contributed by atoms with Gasteiger partial charge in [0.25, 0.3) is 0 Å². The van der Waals surface area contributed by atoms with Crippen LogP contribution in [0, 0.1) is 0 Å². The van der Waals surface area contributed by atoms with Gasteiger partial charge in [0.15, 0.2) is 0 Å². The lowest BCUT2D eigenvalue weighted by molar-refractivity contribution is -0.141. The van der Waals surface area contributed by atoms with Crippen LogP contribution in [0.2, 0.25) is 0 Å². The van der Waals surface area contributed by atoms with Crippen molar-refractivity contribution in [2.24, 2.45) is 5.73 Å². The van der Waals surface area contributed by atoms with Gasteiger partial charge in [0.2, 0.25) is 5.91 Å². The highest BCUT2D eigenvalue weighted by Crippen LogP contribution is 2.12. The highest BCUT2D eigenvalue weighted by atomic mass is 16.5. The van der Waals surface area contributed by atoms with E-state index in [1.807, 2.05) is 52.0 Å². The van der Waals surface area contributed by atoms with Gasteiger partial charge in [-0.15, -0.1) is 0 Å². The summed E-state index contributed by atoms with van der Waals surface area (Å²) in [5.74, 6) is 0.00856. The maximum absolute atomic E-state index is 12.2. The van der Waals surface area contributed by atoms with Crippen molar-refractivity contribution in [3.05, 3.63) is 35.4 Å². The Bertz CT molecular complexity index is 438. The number of benzene rings is 1. The number of carbonyl (C=O) groups excluding carboxylic acids is 1. The Kier molecular flexibility index (Phi) is 6.17. The number of likely N-dealkylation sites (N-methyl/N-ethyl adjacent to an activating group) is 1. The molecular formula is C16H26N2O2. The number of carbonyl (C=O) groups is 1. The molecule has 0 aliphatic carbocycles. The standard InChI is InChI=1S/C16H26N2O2/c1-5-18(15(19)12-20-16(2,3)4)11-14-9-7-6-8-13(14)10-17/h6-9H,5,10-12,17H2,1-4H3. The van der Waals surface area contributed by atoms with Crippen molar-refractivity contribution in [1.82, 2.24) is 4.90 Å². The second kappa shape index (κ2) is 7.41. The van der Waals surface area contributed by atoms with Crippen LogP contribution < -0.4 is 5.73 Å². The monoisotopic (exact) mass is 278 g/mol. The van der Waals surface area contributed by atoms with Crippen molar-refractivity contribution in [2.45, 2.75) is 46.4 Å². The van der Waals surface area contributed by atoms with Crippen molar-refractivity contribution in [3.8, 4) is 0 Å². The lowest BCUT2D eigenvalue weighted by Gasteiger charge is -2.25. The molecule has 4 heteroatoms. The summed E-state index contributed by atoms with van der Waals surface area (Å²) in [5.41, 5.74) is 7.61. The number of hydrogen-bond acceptors (Lipinski definition) is 3. The van der Waals surface area contributed by atoms with E-state index in [4.69, 9.17) is 10.5 Å². The zero-order valence-corrected chi connectivity index (χ0v) is 13.0. The van der Waals surface area contributed by atoms with E-state index in [1.165, 1.54) is 0 Å². The molecule has 4 nitrogen and oxygen atoms in total. The van der Waals surface area contributed by atoms with Gasteiger partial charge in [-0.2, -0.15) is 0 Å². The predicted octanol–water partition coefficient (Wildman–Crippen LogP) is 2.31. The van der Waals surface area contributed by atoms with Crippen molar-refractivity contribution in [3.63, 3.8) is 0 Å². The molecule has 0 atom stereocenters. The van der Waals surface area contributed by atoms with Crippen LogP contribution in [-0.2, 0) is 22.6 Å². The van der Waals surface area contributed by atoms with Crippen LogP contribution in [-0.4, -0.2) is 29.6 Å². The Morgan fingerprint density at radius 2 is 1.85 bits per heavy atom. The smallest absolute Gasteiger partial charge is 0.248 e. The van der Waals surface area contributed by atoms with Crippen LogP contribution in [0.5, 0.6) is 0 Å². The van der Waals surface area contributed by atoms with Gasteiger partial charge in [0.05, 0.1) is 5.60 Å². The fraction of sp³-hybridized carbons (Fsp3) is 0.562. The van der Waals surface area contributed by atoms with Gasteiger partial charge < -0.3 is 15.4 Å². The molecule has 2 N–H and O–H groups in total. The number of nitrogens with two attached hydrogens (primary N) is 1. The van der Waals surface area contributed by atoms with Gasteiger partial charge in [-0.25, -0.2) is 0 Å². The number of rotatable bonds is 6. The molecule has 0 aliphatic rings. The second-order valence-corrected chi connectivity index (χ2v) is 5.78. The van der Waals surface area contributed by atoms with Gasteiger partial charge in [0, 0.05) is 19.6 Å². The molecule has 0 spiro atoms. The number of amides is 1. The molecule has 0 unspecified atom stereocenters. The maximum atomic E-state index is 12.2. The van der Waals surface area contributed by atoms with Crippen LogP contribution in [0.25, 0.3) is 0 Å². The first kappa shape index (κ1) is 16.7. The summed E-state index contributed by atoms with van der Waals surface area (Å²) in [6, 6.07) is 7.95. The maximum Gasteiger partial charge on any atom is 0.248 e. The first-order valence-corrected chi connectivity index (χ1v) is 7.06. The molecule has 1 amide bonds. The summed E-state index contributed by atoms with van der Waals surface area (Å²) in [4.78, 5) is 14.0. The summed E-state index contributed by atoms with van der Waals surface area (Å²) in [7, 11) is 0. The van der Waals surface area contributed by atoms with Gasteiger partial charge >= 0.3 is 0 Å². The molecule has 0 heterocycles. The average molecular weight is 278 g/mol. The third-order valence-electron chi connectivity index (χ3n) is 3.06. The summed E-state index contributed by atoms with van der Waals surface area (Å²) in [6.07, 6.45) is 0. The molecule has 0 aliphatic heterocycles. The number of hydrogen-bond donors (Lipinski definition) is 1. The van der Waals surface area contributed by atoms with Gasteiger partial charge in [0.1, 0.15) is 6.61 Å². The Balaban J connectivity index is 2.69. The van der Waals surface area contributed by atoms with E-state index in [-0.39, 0.29) is 18.1 Å². The fourth-order valence-corrected chi connectivity index (χ4v) is 1.86. The van der Waals surface area contributed by atoms with Crippen LogP contribution >= 0.6 is 0 Å². The molecule has 20 heavy (non-hydrogen) atoms. The van der Waals surface area contributed by atoms with Gasteiger partial charge in [-0.1, -0.05) is 24.3 Å². The second-order valence-electron chi connectivity index (χ2n) is 5.78. The minimum absolute atomic E-state index is 0.00856. The first-order chi connectivity index (χ1) is 9.37. The lowest BCUT2D eigenvalue weighted by atomic mass is 10.1. The molecule has 0 bridgehead atoms.